The SMILES string of the molecule is Cn1c(CCl)cnc1[N+](=O)[O-]. The number of hydrogen-bond donors (Lipinski definition) is 0. The Morgan fingerprint density at radius 3 is 2.82 bits per heavy atom. The number of aromatic nitrogens is 2. The van der Waals surface area contributed by atoms with Gasteiger partial charge in [-0.05, 0) is 4.92 Å². The normalized spacial score (nSPS) is 10.0. The third-order valence-corrected chi connectivity index (χ3v) is 1.63. The Kier molecular flexibility index (Phi) is 2.09. The Bertz CT molecular complexity index is 283. The van der Waals surface area contributed by atoms with Crippen LogP contribution in [0, 0.1) is 10.1 Å². The quantitative estimate of drug-likeness (QED) is 0.384. The largest absolute Gasteiger partial charge is 0.434 e. The van der Waals surface area contributed by atoms with Crippen LogP contribution in [-0.4, -0.2) is 14.5 Å². The molecular weight excluding hydrogens is 170 g/mol. The van der Waals surface area contributed by atoms with Gasteiger partial charge in [-0.25, -0.2) is 4.57 Å². The molecule has 0 spiro atoms. The molecule has 0 saturated heterocycles. The Morgan fingerprint density at radius 1 is 1.91 bits per heavy atom. The molecule has 1 aromatic rings. The van der Waals surface area contributed by atoms with Crippen LogP contribution in [0.25, 0.3) is 0 Å². The number of imidazole rings is 1. The van der Waals surface area contributed by atoms with Gasteiger partial charge in [0.25, 0.3) is 0 Å². The van der Waals surface area contributed by atoms with E-state index in [1.807, 2.05) is 0 Å². The van der Waals surface area contributed by atoms with Gasteiger partial charge in [-0.15, -0.1) is 11.6 Å². The molecule has 1 heterocycles. The van der Waals surface area contributed by atoms with Crippen molar-refractivity contribution >= 4 is 17.5 Å². The molecule has 0 fully saturated rings. The molecule has 5 nitrogen and oxygen atoms in total. The molecule has 0 saturated carbocycles. The van der Waals surface area contributed by atoms with Crippen LogP contribution in [0.2, 0.25) is 0 Å². The summed E-state index contributed by atoms with van der Waals surface area (Å²) in [7, 11) is 1.56. The summed E-state index contributed by atoms with van der Waals surface area (Å²) in [5.74, 6) is 0.0535. The third-order valence-electron chi connectivity index (χ3n) is 1.36. The van der Waals surface area contributed by atoms with Crippen LogP contribution in [0.3, 0.4) is 0 Å². The Hall–Kier alpha value is -1.10. The van der Waals surface area contributed by atoms with Crippen LogP contribution in [0.4, 0.5) is 5.95 Å². The second kappa shape index (κ2) is 2.87. The molecule has 0 aromatic carbocycles. The minimum Gasteiger partial charge on any atom is -0.390 e. The number of alkyl halides is 1. The summed E-state index contributed by atoms with van der Waals surface area (Å²) in [5.41, 5.74) is 0.637. The van der Waals surface area contributed by atoms with Gasteiger partial charge in [0.1, 0.15) is 11.9 Å². The fourth-order valence-corrected chi connectivity index (χ4v) is 0.976. The molecule has 0 N–H and O–H groups in total. The van der Waals surface area contributed by atoms with Gasteiger partial charge < -0.3 is 10.1 Å². The summed E-state index contributed by atoms with van der Waals surface area (Å²) in [4.78, 5) is 13.3. The lowest BCUT2D eigenvalue weighted by Gasteiger charge is -1.94. The molecule has 0 amide bonds. The second-order valence-corrected chi connectivity index (χ2v) is 2.27. The van der Waals surface area contributed by atoms with Crippen molar-refractivity contribution in [3.05, 3.63) is 22.0 Å². The van der Waals surface area contributed by atoms with Crippen LogP contribution in [0.15, 0.2) is 6.20 Å². The molecule has 0 aliphatic carbocycles. The van der Waals surface area contributed by atoms with E-state index < -0.39 is 4.92 Å². The zero-order valence-corrected chi connectivity index (χ0v) is 6.58. The first-order chi connectivity index (χ1) is 5.16. The lowest BCUT2D eigenvalue weighted by atomic mass is 10.5. The van der Waals surface area contributed by atoms with Gasteiger partial charge in [-0.3, -0.25) is 0 Å². The minimum absolute atomic E-state index is 0.180. The van der Waals surface area contributed by atoms with Gasteiger partial charge in [0.05, 0.1) is 12.9 Å². The Balaban J connectivity index is 3.10. The summed E-state index contributed by atoms with van der Waals surface area (Å²) in [6.45, 7) is 0. The minimum atomic E-state index is -0.546. The van der Waals surface area contributed by atoms with Crippen molar-refractivity contribution in [1.82, 2.24) is 9.55 Å². The first-order valence-corrected chi connectivity index (χ1v) is 3.41. The van der Waals surface area contributed by atoms with E-state index in [0.29, 0.717) is 5.69 Å². The molecule has 60 valence electrons. The lowest BCUT2D eigenvalue weighted by Crippen LogP contribution is -2.00. The van der Waals surface area contributed by atoms with Gasteiger partial charge in [0, 0.05) is 0 Å². The molecule has 0 unspecified atom stereocenters. The van der Waals surface area contributed by atoms with Crippen molar-refractivity contribution in [2.24, 2.45) is 7.05 Å². The van der Waals surface area contributed by atoms with E-state index in [2.05, 4.69) is 4.98 Å². The fourth-order valence-electron chi connectivity index (χ4n) is 0.728. The van der Waals surface area contributed by atoms with Crippen molar-refractivity contribution in [3.8, 4) is 0 Å². The van der Waals surface area contributed by atoms with Crippen LogP contribution < -0.4 is 0 Å². The van der Waals surface area contributed by atoms with E-state index in [9.17, 15) is 10.1 Å². The van der Waals surface area contributed by atoms with Crippen molar-refractivity contribution in [2.75, 3.05) is 0 Å². The summed E-state index contributed by atoms with van der Waals surface area (Å²) >= 11 is 5.47. The van der Waals surface area contributed by atoms with E-state index in [0.717, 1.165) is 0 Å². The van der Waals surface area contributed by atoms with Gasteiger partial charge >= 0.3 is 5.95 Å². The summed E-state index contributed by atoms with van der Waals surface area (Å²) in [6.07, 6.45) is 1.39. The summed E-state index contributed by atoms with van der Waals surface area (Å²) < 4.78 is 1.35. The van der Waals surface area contributed by atoms with Gasteiger partial charge in [0.15, 0.2) is 0 Å². The molecular formula is C5H6ClN3O2. The van der Waals surface area contributed by atoms with Crippen LogP contribution in [0.5, 0.6) is 0 Å². The highest BCUT2D eigenvalue weighted by Crippen LogP contribution is 2.11. The molecule has 0 aliphatic heterocycles. The maximum atomic E-state index is 10.2. The van der Waals surface area contributed by atoms with Crippen LogP contribution in [0.1, 0.15) is 5.69 Å². The fraction of sp³-hybridized carbons (Fsp3) is 0.400. The number of rotatable bonds is 2. The molecule has 0 aliphatic rings. The van der Waals surface area contributed by atoms with E-state index in [4.69, 9.17) is 11.6 Å². The van der Waals surface area contributed by atoms with E-state index in [-0.39, 0.29) is 11.8 Å². The molecule has 0 bridgehead atoms. The highest BCUT2D eigenvalue weighted by molar-refractivity contribution is 6.16. The highest BCUT2D eigenvalue weighted by atomic mass is 35.5. The van der Waals surface area contributed by atoms with Crippen molar-refractivity contribution in [1.29, 1.82) is 0 Å². The zero-order chi connectivity index (χ0) is 8.43. The monoisotopic (exact) mass is 175 g/mol. The van der Waals surface area contributed by atoms with Crippen molar-refractivity contribution in [3.63, 3.8) is 0 Å². The summed E-state index contributed by atoms with van der Waals surface area (Å²) in [5, 5.41) is 10.2. The van der Waals surface area contributed by atoms with Crippen molar-refractivity contribution < 1.29 is 4.92 Å². The highest BCUT2D eigenvalue weighted by Gasteiger charge is 2.15. The van der Waals surface area contributed by atoms with E-state index >= 15 is 0 Å². The maximum Gasteiger partial charge on any atom is 0.434 e. The average molecular weight is 176 g/mol. The maximum absolute atomic E-state index is 10.2. The molecule has 11 heavy (non-hydrogen) atoms. The first kappa shape index (κ1) is 8.00. The van der Waals surface area contributed by atoms with E-state index in [1.54, 1.807) is 7.05 Å². The summed E-state index contributed by atoms with van der Waals surface area (Å²) in [6, 6.07) is 0. The van der Waals surface area contributed by atoms with E-state index in [1.165, 1.54) is 10.8 Å². The standard InChI is InChI=1S/C5H6ClN3O2/c1-8-4(2-6)3-7-5(8)9(10)11/h3H,2H2,1H3. The Labute approximate surface area is 67.8 Å². The number of halogens is 1. The van der Waals surface area contributed by atoms with Gasteiger partial charge in [0.2, 0.25) is 0 Å². The smallest absolute Gasteiger partial charge is 0.390 e. The second-order valence-electron chi connectivity index (χ2n) is 2.00. The lowest BCUT2D eigenvalue weighted by molar-refractivity contribution is -0.396. The third kappa shape index (κ3) is 1.32. The number of nitrogens with zero attached hydrogens (tertiary/aromatic N) is 3. The molecule has 1 aromatic heterocycles. The molecule has 0 atom stereocenters. The number of hydrogen-bond acceptors (Lipinski definition) is 3. The van der Waals surface area contributed by atoms with Crippen LogP contribution in [-0.2, 0) is 12.9 Å². The first-order valence-electron chi connectivity index (χ1n) is 2.87. The zero-order valence-electron chi connectivity index (χ0n) is 5.82. The molecule has 0 radical (unpaired) electrons. The van der Waals surface area contributed by atoms with Crippen LogP contribution >= 0.6 is 11.6 Å². The molecule has 6 heteroatoms. The predicted octanol–water partition coefficient (Wildman–Crippen LogP) is 1.07. The van der Waals surface area contributed by atoms with Gasteiger partial charge in [-0.1, -0.05) is 4.98 Å². The molecule has 1 rings (SSSR count). The average Bonchev–Trinajstić information content (AvgIpc) is 2.30. The van der Waals surface area contributed by atoms with Gasteiger partial charge in [-0.2, -0.15) is 0 Å². The number of nitro groups is 1. The predicted molar refractivity (Wildman–Crippen MR) is 39.4 cm³/mol. The topological polar surface area (TPSA) is 61.0 Å². The Morgan fingerprint density at radius 2 is 2.55 bits per heavy atom. The van der Waals surface area contributed by atoms with Crippen molar-refractivity contribution in [2.45, 2.75) is 5.88 Å².